The summed E-state index contributed by atoms with van der Waals surface area (Å²) in [4.78, 5) is 14.3. The topological polar surface area (TPSA) is 65.8 Å². The van der Waals surface area contributed by atoms with Crippen LogP contribution in [0, 0.1) is 0 Å². The number of alkyl halides is 3. The largest absolute Gasteiger partial charge is 0.438 e. The first-order chi connectivity index (χ1) is 8.38. The number of hydrogen-bond acceptors (Lipinski definition) is 4. The van der Waals surface area contributed by atoms with Crippen LogP contribution in [0.1, 0.15) is 12.0 Å². The third-order valence-electron chi connectivity index (χ3n) is 2.57. The summed E-state index contributed by atoms with van der Waals surface area (Å²) >= 11 is 0. The Labute approximate surface area is 99.5 Å². The van der Waals surface area contributed by atoms with Gasteiger partial charge in [0, 0.05) is 18.0 Å². The number of halogens is 3. The Balaban J connectivity index is 2.37. The highest BCUT2D eigenvalue weighted by Crippen LogP contribution is 2.40. The molecule has 1 aliphatic heterocycles. The molecule has 1 atom stereocenters. The van der Waals surface area contributed by atoms with Gasteiger partial charge in [0.05, 0.1) is 12.1 Å². The minimum Gasteiger partial charge on any atom is -0.362 e. The van der Waals surface area contributed by atoms with E-state index in [0.717, 1.165) is 0 Å². The van der Waals surface area contributed by atoms with Gasteiger partial charge in [-0.05, 0) is 6.07 Å². The Morgan fingerprint density at radius 2 is 2.22 bits per heavy atom. The van der Waals surface area contributed by atoms with E-state index < -0.39 is 18.3 Å². The van der Waals surface area contributed by atoms with Crippen molar-refractivity contribution >= 4 is 12.1 Å². The molecule has 5 nitrogen and oxygen atoms in total. The molecule has 0 bridgehead atoms. The Morgan fingerprint density at radius 1 is 1.50 bits per heavy atom. The molecule has 2 rings (SSSR count). The van der Waals surface area contributed by atoms with Crippen LogP contribution in [0.2, 0.25) is 0 Å². The van der Waals surface area contributed by atoms with Crippen molar-refractivity contribution in [1.82, 2.24) is 9.99 Å². The zero-order chi connectivity index (χ0) is 13.4. The van der Waals surface area contributed by atoms with Crippen LogP contribution in [0.5, 0.6) is 0 Å². The van der Waals surface area contributed by atoms with Gasteiger partial charge in [0.1, 0.15) is 0 Å². The summed E-state index contributed by atoms with van der Waals surface area (Å²) in [5.41, 5.74) is -3.01. The van der Waals surface area contributed by atoms with Crippen molar-refractivity contribution in [3.05, 3.63) is 30.1 Å². The van der Waals surface area contributed by atoms with Crippen molar-refractivity contribution in [3.8, 4) is 0 Å². The van der Waals surface area contributed by atoms with Gasteiger partial charge in [0.2, 0.25) is 6.41 Å². The van der Waals surface area contributed by atoms with Gasteiger partial charge in [0.25, 0.3) is 5.72 Å². The molecule has 1 N–H and O–H groups in total. The van der Waals surface area contributed by atoms with Gasteiger partial charge >= 0.3 is 6.18 Å². The molecule has 1 unspecified atom stereocenters. The average Bonchev–Trinajstić information content (AvgIpc) is 2.68. The van der Waals surface area contributed by atoms with Crippen LogP contribution >= 0.6 is 0 Å². The van der Waals surface area contributed by atoms with E-state index in [1.165, 1.54) is 24.5 Å². The predicted octanol–water partition coefficient (Wildman–Crippen LogP) is 0.899. The Bertz CT molecular complexity index is 489. The molecule has 1 aliphatic rings. The lowest BCUT2D eigenvalue weighted by atomic mass is 10.0. The molecule has 18 heavy (non-hydrogen) atoms. The lowest BCUT2D eigenvalue weighted by molar-refractivity contribution is -0.299. The first-order valence-corrected chi connectivity index (χ1v) is 4.90. The maximum Gasteiger partial charge on any atom is 0.438 e. The minimum absolute atomic E-state index is 0.0185. The number of carbonyl (C=O) groups is 1. The molecule has 0 saturated carbocycles. The summed E-state index contributed by atoms with van der Waals surface area (Å²) in [6, 6.07) is 3.02. The molecule has 0 fully saturated rings. The van der Waals surface area contributed by atoms with Crippen molar-refractivity contribution < 1.29 is 23.1 Å². The van der Waals surface area contributed by atoms with E-state index in [9.17, 15) is 23.1 Å². The second-order valence-electron chi connectivity index (χ2n) is 3.73. The molecule has 8 heteroatoms. The summed E-state index contributed by atoms with van der Waals surface area (Å²) in [6.45, 7) is 0. The van der Waals surface area contributed by atoms with Crippen LogP contribution in [-0.4, -0.2) is 39.1 Å². The van der Waals surface area contributed by atoms with Gasteiger partial charge in [-0.15, -0.1) is 0 Å². The van der Waals surface area contributed by atoms with Crippen LogP contribution in [0.4, 0.5) is 13.2 Å². The Kier molecular flexibility index (Phi) is 2.81. The highest BCUT2D eigenvalue weighted by atomic mass is 19.4. The summed E-state index contributed by atoms with van der Waals surface area (Å²) in [7, 11) is 0. The van der Waals surface area contributed by atoms with Crippen molar-refractivity contribution in [3.63, 3.8) is 0 Å². The number of hydrazone groups is 1. The van der Waals surface area contributed by atoms with Gasteiger partial charge in [-0.1, -0.05) is 6.07 Å². The monoisotopic (exact) mass is 259 g/mol. The number of pyridine rings is 1. The quantitative estimate of drug-likeness (QED) is 0.802. The molecule has 0 aliphatic carbocycles. The lowest BCUT2D eigenvalue weighted by Crippen LogP contribution is -2.54. The predicted molar refractivity (Wildman–Crippen MR) is 54.3 cm³/mol. The van der Waals surface area contributed by atoms with Gasteiger partial charge in [-0.3, -0.25) is 9.78 Å². The molecule has 2 heterocycles. The van der Waals surface area contributed by atoms with E-state index >= 15 is 0 Å². The molecule has 0 spiro atoms. The molecule has 1 aromatic rings. The second-order valence-corrected chi connectivity index (χ2v) is 3.73. The van der Waals surface area contributed by atoms with E-state index in [-0.39, 0.29) is 17.1 Å². The molecule has 0 radical (unpaired) electrons. The fraction of sp³-hybridized carbons (Fsp3) is 0.300. The fourth-order valence-corrected chi connectivity index (χ4v) is 1.60. The molecule has 1 amide bonds. The van der Waals surface area contributed by atoms with E-state index in [0.29, 0.717) is 5.56 Å². The van der Waals surface area contributed by atoms with Gasteiger partial charge in [-0.25, -0.2) is 0 Å². The van der Waals surface area contributed by atoms with Crippen molar-refractivity contribution in [2.45, 2.75) is 18.3 Å². The maximum atomic E-state index is 12.7. The van der Waals surface area contributed by atoms with Crippen molar-refractivity contribution in [1.29, 1.82) is 0 Å². The van der Waals surface area contributed by atoms with Crippen LogP contribution in [0.3, 0.4) is 0 Å². The number of carbonyl (C=O) groups excluding carboxylic acids is 1. The standard InChI is InChI=1S/C10H8F3N3O2/c11-10(12,13)9(18)4-8(15-16(9)6-17)7-2-1-3-14-5-7/h1-3,5-6,18H,4H2. The molecular weight excluding hydrogens is 251 g/mol. The number of rotatable bonds is 2. The van der Waals surface area contributed by atoms with Gasteiger partial charge in [0.15, 0.2) is 0 Å². The lowest BCUT2D eigenvalue weighted by Gasteiger charge is -2.29. The van der Waals surface area contributed by atoms with Gasteiger partial charge < -0.3 is 5.11 Å². The van der Waals surface area contributed by atoms with Crippen molar-refractivity contribution in [2.75, 3.05) is 0 Å². The highest BCUT2D eigenvalue weighted by Gasteiger charge is 2.61. The maximum absolute atomic E-state index is 12.7. The van der Waals surface area contributed by atoms with Crippen LogP contribution in [0.25, 0.3) is 0 Å². The molecule has 1 aromatic heterocycles. The minimum atomic E-state index is -4.98. The summed E-state index contributed by atoms with van der Waals surface area (Å²) in [5, 5.41) is 13.0. The van der Waals surface area contributed by atoms with E-state index in [4.69, 9.17) is 0 Å². The summed E-state index contributed by atoms with van der Waals surface area (Å²) in [5.74, 6) is 0. The second kappa shape index (κ2) is 4.05. The van der Waals surface area contributed by atoms with Crippen LogP contribution in [-0.2, 0) is 4.79 Å². The first kappa shape index (κ1) is 12.5. The van der Waals surface area contributed by atoms with E-state index in [1.807, 2.05) is 0 Å². The summed E-state index contributed by atoms with van der Waals surface area (Å²) < 4.78 is 38.2. The molecular formula is C10H8F3N3O2. The molecule has 0 saturated heterocycles. The third kappa shape index (κ3) is 1.84. The number of amides is 1. The van der Waals surface area contributed by atoms with Crippen molar-refractivity contribution in [2.24, 2.45) is 5.10 Å². The smallest absolute Gasteiger partial charge is 0.362 e. The molecule has 0 aromatic carbocycles. The third-order valence-corrected chi connectivity index (χ3v) is 2.57. The Hall–Kier alpha value is -1.96. The normalized spacial score (nSPS) is 24.0. The number of hydrogen-bond donors (Lipinski definition) is 1. The van der Waals surface area contributed by atoms with E-state index in [1.54, 1.807) is 0 Å². The fourth-order valence-electron chi connectivity index (χ4n) is 1.60. The molecule has 96 valence electrons. The van der Waals surface area contributed by atoms with E-state index in [2.05, 4.69) is 10.1 Å². The Morgan fingerprint density at radius 3 is 2.67 bits per heavy atom. The average molecular weight is 259 g/mol. The highest BCUT2D eigenvalue weighted by molar-refractivity contribution is 6.02. The number of aromatic nitrogens is 1. The number of nitrogens with zero attached hydrogens (tertiary/aromatic N) is 3. The van der Waals surface area contributed by atoms with Crippen LogP contribution in [0.15, 0.2) is 29.6 Å². The number of aliphatic hydroxyl groups is 1. The van der Waals surface area contributed by atoms with Crippen LogP contribution < -0.4 is 0 Å². The zero-order valence-corrected chi connectivity index (χ0v) is 8.92. The summed E-state index contributed by atoms with van der Waals surface area (Å²) in [6.07, 6.45) is -3.20. The zero-order valence-electron chi connectivity index (χ0n) is 8.92. The SMILES string of the molecule is O=CN1N=C(c2cccnc2)CC1(O)C(F)(F)F. The van der Waals surface area contributed by atoms with Gasteiger partial charge in [-0.2, -0.15) is 23.3 Å². The first-order valence-electron chi connectivity index (χ1n) is 4.90.